The normalized spacial score (nSPS) is 11.1. The van der Waals surface area contributed by atoms with Gasteiger partial charge >= 0.3 is 6.61 Å². The molecule has 0 unspecified atom stereocenters. The van der Waals surface area contributed by atoms with Gasteiger partial charge in [-0.05, 0) is 43.8 Å². The quantitative estimate of drug-likeness (QED) is 0.376. The molecule has 0 aliphatic carbocycles. The van der Waals surface area contributed by atoms with Crippen molar-refractivity contribution in [2.45, 2.75) is 26.6 Å². The van der Waals surface area contributed by atoms with Gasteiger partial charge in [-0.2, -0.15) is 8.78 Å². The van der Waals surface area contributed by atoms with Crippen molar-refractivity contribution < 1.29 is 27.7 Å². The lowest BCUT2D eigenvalue weighted by atomic mass is 10.2. The molecule has 0 saturated heterocycles. The van der Waals surface area contributed by atoms with E-state index in [4.69, 9.17) is 19.2 Å². The first kappa shape index (κ1) is 23.7. The third kappa shape index (κ3) is 6.08. The van der Waals surface area contributed by atoms with E-state index in [9.17, 15) is 8.78 Å². The highest BCUT2D eigenvalue weighted by molar-refractivity contribution is 7.13. The molecule has 0 aliphatic rings. The second kappa shape index (κ2) is 11.1. The molecule has 1 aromatic heterocycles. The van der Waals surface area contributed by atoms with Crippen molar-refractivity contribution >= 4 is 11.3 Å². The van der Waals surface area contributed by atoms with Gasteiger partial charge in [-0.25, -0.2) is 4.98 Å². The highest BCUT2D eigenvalue weighted by Crippen LogP contribution is 2.35. The van der Waals surface area contributed by atoms with E-state index in [1.165, 1.54) is 6.07 Å². The molecule has 0 aliphatic heterocycles. The van der Waals surface area contributed by atoms with Gasteiger partial charge < -0.3 is 18.9 Å². The van der Waals surface area contributed by atoms with Crippen LogP contribution in [0.1, 0.15) is 18.2 Å². The summed E-state index contributed by atoms with van der Waals surface area (Å²) in [5, 5.41) is 2.88. The van der Waals surface area contributed by atoms with Crippen molar-refractivity contribution in [1.82, 2.24) is 9.88 Å². The first-order chi connectivity index (χ1) is 15.4. The van der Waals surface area contributed by atoms with Crippen molar-refractivity contribution in [3.8, 4) is 33.6 Å². The molecule has 0 saturated carbocycles. The summed E-state index contributed by atoms with van der Waals surface area (Å²) in [6.45, 7) is 0.464. The van der Waals surface area contributed by atoms with E-state index in [-0.39, 0.29) is 5.75 Å². The third-order valence-corrected chi connectivity index (χ3v) is 5.52. The van der Waals surface area contributed by atoms with Crippen LogP contribution in [-0.2, 0) is 13.1 Å². The largest absolute Gasteiger partial charge is 0.497 e. The minimum atomic E-state index is -2.90. The number of rotatable bonds is 11. The van der Waals surface area contributed by atoms with Gasteiger partial charge in [0.25, 0.3) is 0 Å². The molecule has 0 atom stereocenters. The number of hydrogen-bond donors (Lipinski definition) is 0. The molecule has 1 heterocycles. The Balaban J connectivity index is 1.69. The van der Waals surface area contributed by atoms with Gasteiger partial charge in [-0.1, -0.05) is 6.07 Å². The van der Waals surface area contributed by atoms with E-state index >= 15 is 0 Å². The lowest BCUT2D eigenvalue weighted by Gasteiger charge is -2.17. The van der Waals surface area contributed by atoms with Crippen molar-refractivity contribution in [2.75, 3.05) is 27.9 Å². The lowest BCUT2D eigenvalue weighted by molar-refractivity contribution is -0.0514. The zero-order chi connectivity index (χ0) is 23.1. The lowest BCUT2D eigenvalue weighted by Crippen LogP contribution is -2.17. The number of hydrogen-bond acceptors (Lipinski definition) is 7. The van der Waals surface area contributed by atoms with Crippen molar-refractivity contribution in [3.63, 3.8) is 0 Å². The fourth-order valence-electron chi connectivity index (χ4n) is 3.24. The molecule has 0 bridgehead atoms. The fraction of sp³-hybridized carbons (Fsp3) is 0.348. The predicted octanol–water partition coefficient (Wildman–Crippen LogP) is 5.46. The summed E-state index contributed by atoms with van der Waals surface area (Å²) in [6, 6.07) is 10.6. The Morgan fingerprint density at radius 3 is 2.50 bits per heavy atom. The Kier molecular flexibility index (Phi) is 8.24. The number of alkyl halides is 2. The predicted molar refractivity (Wildman–Crippen MR) is 120 cm³/mol. The molecule has 6 nitrogen and oxygen atoms in total. The molecular weight excluding hydrogens is 438 g/mol. The topological polar surface area (TPSA) is 53.1 Å². The SMILES string of the molecule is CCOc1cc(CN(C)Cc2csc(-c3ccc(OC)cc3OC)n2)ccc1OC(F)F. The molecule has 0 N–H and O–H groups in total. The molecule has 0 spiro atoms. The highest BCUT2D eigenvalue weighted by Gasteiger charge is 2.15. The van der Waals surface area contributed by atoms with E-state index in [0.29, 0.717) is 31.2 Å². The summed E-state index contributed by atoms with van der Waals surface area (Å²) < 4.78 is 45.9. The summed E-state index contributed by atoms with van der Waals surface area (Å²) in [5.41, 5.74) is 2.75. The Hall–Kier alpha value is -2.91. The first-order valence-electron chi connectivity index (χ1n) is 9.99. The Morgan fingerprint density at radius 1 is 1.00 bits per heavy atom. The molecular formula is C23H26F2N2O4S. The van der Waals surface area contributed by atoms with E-state index in [1.807, 2.05) is 30.6 Å². The molecule has 172 valence electrons. The van der Waals surface area contributed by atoms with Gasteiger partial charge in [0.15, 0.2) is 11.5 Å². The number of ether oxygens (including phenoxy) is 4. The summed E-state index contributed by atoms with van der Waals surface area (Å²) in [6.07, 6.45) is 0. The van der Waals surface area contributed by atoms with E-state index in [2.05, 4.69) is 9.64 Å². The van der Waals surface area contributed by atoms with Crippen molar-refractivity contribution in [1.29, 1.82) is 0 Å². The first-order valence-corrected chi connectivity index (χ1v) is 10.9. The van der Waals surface area contributed by atoms with Gasteiger partial charge in [0.05, 0.1) is 32.1 Å². The van der Waals surface area contributed by atoms with Crippen LogP contribution >= 0.6 is 11.3 Å². The molecule has 9 heteroatoms. The van der Waals surface area contributed by atoms with Crippen molar-refractivity contribution in [3.05, 3.63) is 53.0 Å². The number of nitrogens with zero attached hydrogens (tertiary/aromatic N) is 2. The maximum atomic E-state index is 12.6. The zero-order valence-electron chi connectivity index (χ0n) is 18.4. The number of thiazole rings is 1. The van der Waals surface area contributed by atoms with Crippen LogP contribution in [0.15, 0.2) is 41.8 Å². The smallest absolute Gasteiger partial charge is 0.387 e. The van der Waals surface area contributed by atoms with Crippen LogP contribution in [0.4, 0.5) is 8.78 Å². The monoisotopic (exact) mass is 464 g/mol. The number of benzene rings is 2. The minimum Gasteiger partial charge on any atom is -0.497 e. The molecule has 0 fully saturated rings. The van der Waals surface area contributed by atoms with Gasteiger partial charge in [0, 0.05) is 24.5 Å². The molecule has 2 aromatic carbocycles. The summed E-state index contributed by atoms with van der Waals surface area (Å²) in [5.74, 6) is 1.76. The molecule has 3 aromatic rings. The Bertz CT molecular complexity index is 1030. The second-order valence-electron chi connectivity index (χ2n) is 6.98. The van der Waals surface area contributed by atoms with Crippen LogP contribution < -0.4 is 18.9 Å². The van der Waals surface area contributed by atoms with Crippen LogP contribution in [0.2, 0.25) is 0 Å². The zero-order valence-corrected chi connectivity index (χ0v) is 19.2. The van der Waals surface area contributed by atoms with E-state index in [0.717, 1.165) is 27.6 Å². The molecule has 0 amide bonds. The van der Waals surface area contributed by atoms with Crippen LogP contribution in [0.3, 0.4) is 0 Å². The van der Waals surface area contributed by atoms with Gasteiger partial charge in [-0.15, -0.1) is 11.3 Å². The van der Waals surface area contributed by atoms with Crippen LogP contribution in [0.25, 0.3) is 10.6 Å². The van der Waals surface area contributed by atoms with Gasteiger partial charge in [0.2, 0.25) is 0 Å². The maximum absolute atomic E-state index is 12.6. The Labute approximate surface area is 190 Å². The highest BCUT2D eigenvalue weighted by atomic mass is 32.1. The van der Waals surface area contributed by atoms with Crippen molar-refractivity contribution in [2.24, 2.45) is 0 Å². The molecule has 32 heavy (non-hydrogen) atoms. The van der Waals surface area contributed by atoms with E-state index < -0.39 is 6.61 Å². The van der Waals surface area contributed by atoms with Gasteiger partial charge in [0.1, 0.15) is 16.5 Å². The average Bonchev–Trinajstić information content (AvgIpc) is 3.22. The Morgan fingerprint density at radius 2 is 1.81 bits per heavy atom. The second-order valence-corrected chi connectivity index (χ2v) is 7.83. The van der Waals surface area contributed by atoms with Crippen LogP contribution in [0.5, 0.6) is 23.0 Å². The molecule has 3 rings (SSSR count). The number of methoxy groups -OCH3 is 2. The molecule has 0 radical (unpaired) electrons. The summed E-state index contributed by atoms with van der Waals surface area (Å²) in [7, 11) is 5.20. The van der Waals surface area contributed by atoms with Crippen LogP contribution in [-0.4, -0.2) is 44.4 Å². The van der Waals surface area contributed by atoms with E-state index in [1.54, 1.807) is 44.6 Å². The van der Waals surface area contributed by atoms with Crippen LogP contribution in [0, 0.1) is 0 Å². The standard InChI is InChI=1S/C23H26F2N2O4S/c1-5-30-21-10-15(6-9-19(21)31-23(24)25)12-27(2)13-16-14-32-22(26-16)18-8-7-17(28-3)11-20(18)29-4/h6-11,14,23H,5,12-13H2,1-4H3. The summed E-state index contributed by atoms with van der Waals surface area (Å²) in [4.78, 5) is 6.83. The average molecular weight is 465 g/mol. The minimum absolute atomic E-state index is 0.0332. The third-order valence-electron chi connectivity index (χ3n) is 4.60. The number of aromatic nitrogens is 1. The summed E-state index contributed by atoms with van der Waals surface area (Å²) >= 11 is 1.54. The number of halogens is 2. The fourth-order valence-corrected chi connectivity index (χ4v) is 4.08. The van der Waals surface area contributed by atoms with Gasteiger partial charge in [-0.3, -0.25) is 4.90 Å². The maximum Gasteiger partial charge on any atom is 0.387 e.